The van der Waals surface area contributed by atoms with E-state index in [1.807, 2.05) is 6.92 Å². The van der Waals surface area contributed by atoms with Crippen LogP contribution in [0.15, 0.2) is 0 Å². The third-order valence-corrected chi connectivity index (χ3v) is 2.86. The molecule has 0 aromatic rings. The Balaban J connectivity index is 2.47. The molecule has 4 nitrogen and oxygen atoms in total. The van der Waals surface area contributed by atoms with E-state index in [4.69, 9.17) is 4.74 Å². The van der Waals surface area contributed by atoms with Crippen LogP contribution < -0.4 is 5.32 Å². The van der Waals surface area contributed by atoms with Gasteiger partial charge in [0.05, 0.1) is 17.3 Å². The van der Waals surface area contributed by atoms with E-state index in [1.54, 1.807) is 0 Å². The van der Waals surface area contributed by atoms with Crippen molar-refractivity contribution in [3.63, 3.8) is 0 Å². The Bertz CT molecular complexity index is 226. The second-order valence-corrected chi connectivity index (χ2v) is 6.25. The number of morpholine rings is 1. The summed E-state index contributed by atoms with van der Waals surface area (Å²) >= 11 is 0. The summed E-state index contributed by atoms with van der Waals surface area (Å²) in [6, 6.07) is 0. The van der Waals surface area contributed by atoms with Crippen LogP contribution in [0.25, 0.3) is 0 Å². The minimum absolute atomic E-state index is 0.139. The molecule has 1 aliphatic rings. The first-order chi connectivity index (χ1) is 7.74. The molecule has 0 aliphatic carbocycles. The van der Waals surface area contributed by atoms with Gasteiger partial charge in [-0.25, -0.2) is 0 Å². The molecule has 1 heterocycles. The molecule has 0 amide bonds. The number of rotatable bonds is 5. The Morgan fingerprint density at radius 1 is 1.24 bits per heavy atom. The van der Waals surface area contributed by atoms with Crippen LogP contribution in [0.2, 0.25) is 0 Å². The number of nitrogens with zero attached hydrogens (tertiary/aromatic N) is 1. The van der Waals surface area contributed by atoms with Crippen molar-refractivity contribution in [1.29, 1.82) is 0 Å². The Morgan fingerprint density at radius 3 is 2.24 bits per heavy atom. The van der Waals surface area contributed by atoms with Crippen LogP contribution >= 0.6 is 0 Å². The smallest absolute Gasteiger partial charge is 0.0791 e. The molecule has 0 aromatic heterocycles. The lowest BCUT2D eigenvalue weighted by atomic mass is 9.98. The second kappa shape index (κ2) is 5.65. The van der Waals surface area contributed by atoms with Gasteiger partial charge in [0.1, 0.15) is 0 Å². The summed E-state index contributed by atoms with van der Waals surface area (Å²) < 4.78 is 6.02. The number of hydrogen-bond acceptors (Lipinski definition) is 4. The molecule has 1 atom stereocenters. The number of hydrogen-bond donors (Lipinski definition) is 2. The van der Waals surface area contributed by atoms with Crippen LogP contribution in [-0.2, 0) is 4.74 Å². The highest BCUT2D eigenvalue weighted by atomic mass is 16.5. The van der Waals surface area contributed by atoms with Crippen LogP contribution in [-0.4, -0.2) is 60.0 Å². The summed E-state index contributed by atoms with van der Waals surface area (Å²) in [4.78, 5) is 2.30. The molecule has 0 spiro atoms. The molecule has 0 bridgehead atoms. The van der Waals surface area contributed by atoms with E-state index in [0.717, 1.165) is 19.6 Å². The van der Waals surface area contributed by atoms with E-state index in [9.17, 15) is 5.11 Å². The standard InChI is InChI=1S/C13H28N2O2/c1-6-14-7-11(16)8-15-9-12(2,3)17-13(4,5)10-15/h11,14,16H,6-10H2,1-5H3. The predicted molar refractivity (Wildman–Crippen MR) is 70.2 cm³/mol. The Morgan fingerprint density at radius 2 is 1.76 bits per heavy atom. The van der Waals surface area contributed by atoms with Crippen molar-refractivity contribution >= 4 is 0 Å². The SMILES string of the molecule is CCNCC(O)CN1CC(C)(C)OC(C)(C)C1. The third kappa shape index (κ3) is 5.34. The lowest BCUT2D eigenvalue weighted by Gasteiger charge is -2.47. The minimum atomic E-state index is -0.306. The Labute approximate surface area is 105 Å². The molecule has 4 heteroatoms. The van der Waals surface area contributed by atoms with Crippen LogP contribution in [0, 0.1) is 0 Å². The number of nitrogens with one attached hydrogen (secondary N) is 1. The van der Waals surface area contributed by atoms with Gasteiger partial charge >= 0.3 is 0 Å². The van der Waals surface area contributed by atoms with Gasteiger partial charge in [-0.05, 0) is 34.2 Å². The fourth-order valence-corrected chi connectivity index (χ4v) is 2.75. The topological polar surface area (TPSA) is 44.7 Å². The van der Waals surface area contributed by atoms with Gasteiger partial charge in [0, 0.05) is 26.2 Å². The van der Waals surface area contributed by atoms with Gasteiger partial charge in [-0.15, -0.1) is 0 Å². The van der Waals surface area contributed by atoms with Crippen molar-refractivity contribution in [1.82, 2.24) is 10.2 Å². The first-order valence-corrected chi connectivity index (χ1v) is 6.55. The number of β-amino-alcohol motifs (C(OH)–C–C–N with tert-alkyl or cyclic N) is 1. The van der Waals surface area contributed by atoms with Crippen molar-refractivity contribution < 1.29 is 9.84 Å². The van der Waals surface area contributed by atoms with E-state index in [1.165, 1.54) is 0 Å². The van der Waals surface area contributed by atoms with Crippen molar-refractivity contribution in [3.05, 3.63) is 0 Å². The zero-order chi connectivity index (χ0) is 13.1. The second-order valence-electron chi connectivity index (χ2n) is 6.25. The van der Waals surface area contributed by atoms with Crippen molar-refractivity contribution in [2.24, 2.45) is 0 Å². The van der Waals surface area contributed by atoms with Gasteiger partial charge in [0.15, 0.2) is 0 Å². The lowest BCUT2D eigenvalue weighted by Crippen LogP contribution is -2.58. The molecule has 2 N–H and O–H groups in total. The zero-order valence-corrected chi connectivity index (χ0v) is 11.9. The molecule has 1 rings (SSSR count). The summed E-state index contributed by atoms with van der Waals surface area (Å²) in [5.41, 5.74) is -0.278. The molecule has 1 unspecified atom stereocenters. The van der Waals surface area contributed by atoms with Gasteiger partial charge < -0.3 is 15.2 Å². The quantitative estimate of drug-likeness (QED) is 0.752. The van der Waals surface area contributed by atoms with Gasteiger partial charge in [-0.1, -0.05) is 6.92 Å². The first kappa shape index (κ1) is 14.9. The lowest BCUT2D eigenvalue weighted by molar-refractivity contribution is -0.183. The number of likely N-dealkylation sites (N-methyl/N-ethyl adjacent to an activating group) is 1. The average Bonchev–Trinajstić information content (AvgIpc) is 2.09. The molecule has 0 radical (unpaired) electrons. The van der Waals surface area contributed by atoms with Crippen molar-refractivity contribution in [2.45, 2.75) is 51.9 Å². The summed E-state index contributed by atoms with van der Waals surface area (Å²) in [7, 11) is 0. The fraction of sp³-hybridized carbons (Fsp3) is 1.00. The molecular weight excluding hydrogens is 216 g/mol. The molecule has 0 aromatic carbocycles. The monoisotopic (exact) mass is 244 g/mol. The summed E-state index contributed by atoms with van der Waals surface area (Å²) in [6.45, 7) is 14.5. The maximum absolute atomic E-state index is 9.93. The summed E-state index contributed by atoms with van der Waals surface area (Å²) in [6.07, 6.45) is -0.306. The van der Waals surface area contributed by atoms with Gasteiger partial charge in [0.25, 0.3) is 0 Å². The zero-order valence-electron chi connectivity index (χ0n) is 11.9. The average molecular weight is 244 g/mol. The highest BCUT2D eigenvalue weighted by Crippen LogP contribution is 2.27. The van der Waals surface area contributed by atoms with Crippen LogP contribution in [0.3, 0.4) is 0 Å². The molecule has 1 saturated heterocycles. The fourth-order valence-electron chi connectivity index (χ4n) is 2.75. The molecule has 102 valence electrons. The van der Waals surface area contributed by atoms with E-state index in [0.29, 0.717) is 13.1 Å². The molecule has 17 heavy (non-hydrogen) atoms. The Kier molecular flexibility index (Phi) is 4.95. The number of aliphatic hydroxyl groups excluding tert-OH is 1. The summed E-state index contributed by atoms with van der Waals surface area (Å²) in [5, 5.41) is 13.1. The Hall–Kier alpha value is -0.160. The van der Waals surface area contributed by atoms with Crippen molar-refractivity contribution in [2.75, 3.05) is 32.7 Å². The third-order valence-electron chi connectivity index (χ3n) is 2.86. The van der Waals surface area contributed by atoms with Crippen molar-refractivity contribution in [3.8, 4) is 0 Å². The van der Waals surface area contributed by atoms with Gasteiger partial charge in [-0.3, -0.25) is 4.90 Å². The van der Waals surface area contributed by atoms with E-state index < -0.39 is 0 Å². The molecule has 1 aliphatic heterocycles. The summed E-state index contributed by atoms with van der Waals surface area (Å²) in [5.74, 6) is 0. The highest BCUT2D eigenvalue weighted by Gasteiger charge is 2.38. The minimum Gasteiger partial charge on any atom is -0.390 e. The largest absolute Gasteiger partial charge is 0.390 e. The number of aliphatic hydroxyl groups is 1. The van der Waals surface area contributed by atoms with Crippen LogP contribution in [0.4, 0.5) is 0 Å². The van der Waals surface area contributed by atoms with Gasteiger partial charge in [-0.2, -0.15) is 0 Å². The molecular formula is C13H28N2O2. The predicted octanol–water partition coefficient (Wildman–Crippen LogP) is 0.846. The van der Waals surface area contributed by atoms with E-state index in [-0.39, 0.29) is 17.3 Å². The first-order valence-electron chi connectivity index (χ1n) is 6.55. The molecule has 0 saturated carbocycles. The van der Waals surface area contributed by atoms with E-state index >= 15 is 0 Å². The van der Waals surface area contributed by atoms with Crippen LogP contribution in [0.1, 0.15) is 34.6 Å². The maximum atomic E-state index is 9.93. The normalized spacial score (nSPS) is 25.8. The van der Waals surface area contributed by atoms with Gasteiger partial charge in [0.2, 0.25) is 0 Å². The molecule has 1 fully saturated rings. The van der Waals surface area contributed by atoms with Crippen LogP contribution in [0.5, 0.6) is 0 Å². The maximum Gasteiger partial charge on any atom is 0.0791 e. The van der Waals surface area contributed by atoms with E-state index in [2.05, 4.69) is 37.9 Å². The highest BCUT2D eigenvalue weighted by molar-refractivity contribution is 4.89. The number of ether oxygens (including phenoxy) is 1.